The summed E-state index contributed by atoms with van der Waals surface area (Å²) in [5, 5.41) is 14.3. The summed E-state index contributed by atoms with van der Waals surface area (Å²) in [5.41, 5.74) is 3.19. The molecular formula is C21H26Cl2N6O3. The van der Waals surface area contributed by atoms with Crippen molar-refractivity contribution >= 4 is 42.5 Å². The molecule has 2 N–H and O–H groups in total. The summed E-state index contributed by atoms with van der Waals surface area (Å²) in [6.07, 6.45) is 5.75. The van der Waals surface area contributed by atoms with Crippen molar-refractivity contribution in [3.05, 3.63) is 41.2 Å². The predicted molar refractivity (Wildman–Crippen MR) is 121 cm³/mol. The number of carbonyl (C=O) groups is 3. The Hall–Kier alpha value is -2.49. The van der Waals surface area contributed by atoms with Crippen LogP contribution in [0.25, 0.3) is 5.69 Å². The number of hydrogen-bond donors (Lipinski definition) is 2. The summed E-state index contributed by atoms with van der Waals surface area (Å²) in [5.74, 6) is -0.239. The number of rotatable bonds is 4. The Morgan fingerprint density at radius 1 is 1.06 bits per heavy atom. The molecule has 172 valence electrons. The second-order valence-electron chi connectivity index (χ2n) is 8.29. The second-order valence-corrected chi connectivity index (χ2v) is 8.29. The van der Waals surface area contributed by atoms with Crippen molar-refractivity contribution in [2.75, 3.05) is 13.1 Å². The van der Waals surface area contributed by atoms with Crippen molar-refractivity contribution < 1.29 is 14.4 Å². The minimum atomic E-state index is -0.603. The number of nitrogens with zero attached hydrogens (tertiary/aromatic N) is 4. The van der Waals surface area contributed by atoms with Gasteiger partial charge in [0.1, 0.15) is 6.04 Å². The maximum absolute atomic E-state index is 13.0. The van der Waals surface area contributed by atoms with E-state index in [2.05, 4.69) is 20.9 Å². The van der Waals surface area contributed by atoms with Gasteiger partial charge in [0, 0.05) is 18.5 Å². The minimum Gasteiger partial charge on any atom is -0.322 e. The highest BCUT2D eigenvalue weighted by molar-refractivity contribution is 6.05. The summed E-state index contributed by atoms with van der Waals surface area (Å²) in [7, 11) is 0. The van der Waals surface area contributed by atoms with Crippen molar-refractivity contribution in [1.29, 1.82) is 0 Å². The normalized spacial score (nSPS) is 20.9. The topological polar surface area (TPSA) is 109 Å². The van der Waals surface area contributed by atoms with Crippen LogP contribution in [0.2, 0.25) is 0 Å². The first-order chi connectivity index (χ1) is 14.6. The first-order valence-corrected chi connectivity index (χ1v) is 10.5. The molecule has 11 heteroatoms. The summed E-state index contributed by atoms with van der Waals surface area (Å²) < 4.78 is 1.71. The zero-order valence-electron chi connectivity index (χ0n) is 17.5. The number of hydrogen-bond acceptors (Lipinski definition) is 6. The van der Waals surface area contributed by atoms with E-state index < -0.39 is 11.9 Å². The Labute approximate surface area is 198 Å². The predicted octanol–water partition coefficient (Wildman–Crippen LogP) is 1.41. The molecule has 9 nitrogen and oxygen atoms in total. The lowest BCUT2D eigenvalue weighted by molar-refractivity contribution is -0.136. The van der Waals surface area contributed by atoms with E-state index in [9.17, 15) is 14.4 Å². The first kappa shape index (κ1) is 24.2. The third-order valence-corrected chi connectivity index (χ3v) is 6.27. The van der Waals surface area contributed by atoms with Crippen molar-refractivity contribution in [3.8, 4) is 5.69 Å². The van der Waals surface area contributed by atoms with Crippen molar-refractivity contribution in [3.63, 3.8) is 0 Å². The molecular weight excluding hydrogens is 455 g/mol. The largest absolute Gasteiger partial charge is 0.322 e. The van der Waals surface area contributed by atoms with Crippen LogP contribution in [-0.4, -0.2) is 56.7 Å². The lowest BCUT2D eigenvalue weighted by atomic mass is 9.93. The Balaban J connectivity index is 0.00000144. The van der Waals surface area contributed by atoms with E-state index in [0.717, 1.165) is 49.3 Å². The van der Waals surface area contributed by atoms with E-state index in [1.165, 1.54) is 0 Å². The molecule has 2 fully saturated rings. The van der Waals surface area contributed by atoms with Crippen molar-refractivity contribution in [1.82, 2.24) is 30.5 Å². The molecule has 32 heavy (non-hydrogen) atoms. The van der Waals surface area contributed by atoms with E-state index in [-0.39, 0.29) is 43.0 Å². The van der Waals surface area contributed by atoms with Gasteiger partial charge >= 0.3 is 0 Å². The third kappa shape index (κ3) is 4.65. The molecule has 0 aliphatic carbocycles. The Bertz CT molecular complexity index is 1020. The molecule has 0 radical (unpaired) electrons. The highest BCUT2D eigenvalue weighted by Crippen LogP contribution is 2.29. The van der Waals surface area contributed by atoms with Crippen LogP contribution in [0, 0.1) is 5.92 Å². The number of imide groups is 1. The fourth-order valence-corrected chi connectivity index (χ4v) is 4.58. The average Bonchev–Trinajstić information content (AvgIpc) is 3.33. The number of carbonyl (C=O) groups excluding carboxylic acids is 3. The van der Waals surface area contributed by atoms with Gasteiger partial charge in [-0.15, -0.1) is 29.9 Å². The molecule has 1 atom stereocenters. The van der Waals surface area contributed by atoms with Gasteiger partial charge in [-0.05, 0) is 62.4 Å². The third-order valence-electron chi connectivity index (χ3n) is 6.27. The summed E-state index contributed by atoms with van der Waals surface area (Å²) >= 11 is 0. The van der Waals surface area contributed by atoms with Crippen molar-refractivity contribution in [2.24, 2.45) is 5.92 Å². The molecule has 0 bridgehead atoms. The molecule has 1 unspecified atom stereocenters. The van der Waals surface area contributed by atoms with Gasteiger partial charge in [0.2, 0.25) is 11.8 Å². The molecule has 3 aliphatic rings. The molecule has 1 aromatic heterocycles. The van der Waals surface area contributed by atoms with Crippen molar-refractivity contribution in [2.45, 2.75) is 44.7 Å². The van der Waals surface area contributed by atoms with E-state index in [4.69, 9.17) is 0 Å². The fraction of sp³-hybridized carbons (Fsp3) is 0.476. The van der Waals surface area contributed by atoms with Crippen LogP contribution in [-0.2, 0) is 22.6 Å². The zero-order valence-corrected chi connectivity index (χ0v) is 19.1. The van der Waals surface area contributed by atoms with Crippen LogP contribution in [0.15, 0.2) is 24.4 Å². The number of fused-ring (bicyclic) bond motifs is 1. The Kier molecular flexibility index (Phi) is 7.53. The van der Waals surface area contributed by atoms with Crippen LogP contribution >= 0.6 is 24.8 Å². The van der Waals surface area contributed by atoms with Gasteiger partial charge in [-0.1, -0.05) is 11.3 Å². The van der Waals surface area contributed by atoms with E-state index in [1.807, 2.05) is 24.4 Å². The lowest BCUT2D eigenvalue weighted by Gasteiger charge is -2.29. The monoisotopic (exact) mass is 480 g/mol. The van der Waals surface area contributed by atoms with E-state index in [1.54, 1.807) is 9.58 Å². The number of nitrogens with one attached hydrogen (secondary N) is 2. The Morgan fingerprint density at radius 3 is 2.59 bits per heavy atom. The van der Waals surface area contributed by atoms with Crippen LogP contribution in [0.5, 0.6) is 0 Å². The van der Waals surface area contributed by atoms with Crippen LogP contribution in [0.1, 0.15) is 47.3 Å². The van der Waals surface area contributed by atoms with Gasteiger partial charge in [0.05, 0.1) is 17.6 Å². The number of benzene rings is 1. The number of aromatic nitrogens is 3. The van der Waals surface area contributed by atoms with Gasteiger partial charge in [0.25, 0.3) is 5.91 Å². The highest BCUT2D eigenvalue weighted by atomic mass is 35.5. The number of amides is 3. The van der Waals surface area contributed by atoms with Gasteiger partial charge in [-0.2, -0.15) is 0 Å². The van der Waals surface area contributed by atoms with E-state index >= 15 is 0 Å². The standard InChI is InChI=1S/C21H24N6O3.2ClH/c28-19-4-3-18(20(29)23-19)26-11-14-1-2-16(10-17(14)21(26)30)27-12-15(24-25-27)9-13-5-7-22-8-6-13;;/h1-2,10,12-13,18,22H,3-9,11H2,(H,23,28,29);2*1H. The molecule has 4 heterocycles. The highest BCUT2D eigenvalue weighted by Gasteiger charge is 2.39. The van der Waals surface area contributed by atoms with E-state index in [0.29, 0.717) is 24.4 Å². The number of piperidine rings is 2. The molecule has 3 amide bonds. The Morgan fingerprint density at radius 2 is 1.84 bits per heavy atom. The van der Waals surface area contributed by atoms with Crippen LogP contribution < -0.4 is 10.6 Å². The van der Waals surface area contributed by atoms with Crippen LogP contribution in [0.3, 0.4) is 0 Å². The van der Waals surface area contributed by atoms with Gasteiger partial charge in [-0.3, -0.25) is 19.7 Å². The average molecular weight is 481 g/mol. The zero-order chi connectivity index (χ0) is 20.7. The summed E-state index contributed by atoms with van der Waals surface area (Å²) in [4.78, 5) is 38.1. The summed E-state index contributed by atoms with van der Waals surface area (Å²) in [6, 6.07) is 5.03. The molecule has 2 aromatic rings. The SMILES string of the molecule is Cl.Cl.O=C1CCC(N2Cc3ccc(-n4cc(CC5CCNCC5)nn4)cc3C2=O)C(=O)N1. The van der Waals surface area contributed by atoms with Gasteiger partial charge < -0.3 is 10.2 Å². The maximum atomic E-state index is 13.0. The fourth-order valence-electron chi connectivity index (χ4n) is 4.58. The second kappa shape index (κ2) is 9.97. The lowest BCUT2D eigenvalue weighted by Crippen LogP contribution is -2.52. The van der Waals surface area contributed by atoms with Crippen LogP contribution in [0.4, 0.5) is 0 Å². The minimum absolute atomic E-state index is 0. The smallest absolute Gasteiger partial charge is 0.255 e. The summed E-state index contributed by atoms with van der Waals surface area (Å²) in [6.45, 7) is 2.48. The molecule has 3 aliphatic heterocycles. The molecule has 1 aromatic carbocycles. The number of halogens is 2. The molecule has 5 rings (SSSR count). The molecule has 0 spiro atoms. The quantitative estimate of drug-likeness (QED) is 0.640. The molecule has 0 saturated carbocycles. The molecule has 2 saturated heterocycles. The maximum Gasteiger partial charge on any atom is 0.255 e. The first-order valence-electron chi connectivity index (χ1n) is 10.5. The van der Waals surface area contributed by atoms with Gasteiger partial charge in [0.15, 0.2) is 0 Å². The van der Waals surface area contributed by atoms with Gasteiger partial charge in [-0.25, -0.2) is 4.68 Å².